The Morgan fingerprint density at radius 2 is 1.59 bits per heavy atom. The lowest BCUT2D eigenvalue weighted by Gasteiger charge is -2.01. The van der Waals surface area contributed by atoms with E-state index in [2.05, 4.69) is 15.9 Å². The van der Waals surface area contributed by atoms with Crippen LogP contribution in [0.25, 0.3) is 0 Å². The maximum absolute atomic E-state index is 12.0. The standard InChI is InChI=1S/C14H11BrOS/c1-10-2-8-13(9-3-10)17-14(16)11-4-6-12(15)7-5-11/h2-9H,1H3. The van der Waals surface area contributed by atoms with Gasteiger partial charge in [0.15, 0.2) is 0 Å². The van der Waals surface area contributed by atoms with Crippen LogP contribution in [0.15, 0.2) is 57.9 Å². The van der Waals surface area contributed by atoms with Gasteiger partial charge in [-0.1, -0.05) is 33.6 Å². The minimum Gasteiger partial charge on any atom is -0.281 e. The Kier molecular flexibility index (Phi) is 4.02. The molecular formula is C14H11BrOS. The largest absolute Gasteiger partial charge is 0.281 e. The summed E-state index contributed by atoms with van der Waals surface area (Å²) in [5.41, 5.74) is 1.92. The summed E-state index contributed by atoms with van der Waals surface area (Å²) in [4.78, 5) is 12.9. The topological polar surface area (TPSA) is 17.1 Å². The van der Waals surface area contributed by atoms with Crippen molar-refractivity contribution in [3.05, 3.63) is 64.1 Å². The molecule has 0 aliphatic carbocycles. The van der Waals surface area contributed by atoms with Gasteiger partial charge in [0, 0.05) is 14.9 Å². The van der Waals surface area contributed by atoms with E-state index in [0.29, 0.717) is 0 Å². The van der Waals surface area contributed by atoms with Gasteiger partial charge < -0.3 is 0 Å². The number of hydrogen-bond acceptors (Lipinski definition) is 2. The second kappa shape index (κ2) is 5.52. The third-order valence-corrected chi connectivity index (χ3v) is 3.77. The minimum absolute atomic E-state index is 0.0707. The van der Waals surface area contributed by atoms with E-state index in [4.69, 9.17) is 0 Å². The van der Waals surface area contributed by atoms with Crippen molar-refractivity contribution in [1.82, 2.24) is 0 Å². The molecule has 0 heterocycles. The van der Waals surface area contributed by atoms with E-state index in [-0.39, 0.29) is 5.12 Å². The van der Waals surface area contributed by atoms with Crippen LogP contribution in [0.1, 0.15) is 15.9 Å². The predicted molar refractivity (Wildman–Crippen MR) is 75.5 cm³/mol. The van der Waals surface area contributed by atoms with Crippen molar-refractivity contribution in [2.75, 3.05) is 0 Å². The smallest absolute Gasteiger partial charge is 0.224 e. The Balaban J connectivity index is 2.11. The normalized spacial score (nSPS) is 10.2. The van der Waals surface area contributed by atoms with E-state index < -0.39 is 0 Å². The molecule has 0 saturated heterocycles. The van der Waals surface area contributed by atoms with Crippen molar-refractivity contribution in [1.29, 1.82) is 0 Å². The maximum atomic E-state index is 12.0. The van der Waals surface area contributed by atoms with E-state index in [9.17, 15) is 4.79 Å². The third kappa shape index (κ3) is 3.45. The van der Waals surface area contributed by atoms with E-state index in [1.807, 2.05) is 55.5 Å². The molecule has 0 atom stereocenters. The molecule has 2 aromatic carbocycles. The van der Waals surface area contributed by atoms with Crippen molar-refractivity contribution in [3.63, 3.8) is 0 Å². The number of halogens is 1. The monoisotopic (exact) mass is 306 g/mol. The average molecular weight is 307 g/mol. The second-order valence-corrected chi connectivity index (χ2v) is 5.67. The number of rotatable bonds is 2. The molecule has 1 nitrogen and oxygen atoms in total. The zero-order valence-corrected chi connectivity index (χ0v) is 11.7. The minimum atomic E-state index is 0.0707. The van der Waals surface area contributed by atoms with Gasteiger partial charge in [-0.3, -0.25) is 4.79 Å². The zero-order valence-electron chi connectivity index (χ0n) is 9.31. The van der Waals surface area contributed by atoms with E-state index >= 15 is 0 Å². The highest BCUT2D eigenvalue weighted by Gasteiger charge is 2.07. The summed E-state index contributed by atoms with van der Waals surface area (Å²) in [6.07, 6.45) is 0. The zero-order chi connectivity index (χ0) is 12.3. The number of hydrogen-bond donors (Lipinski definition) is 0. The number of benzene rings is 2. The highest BCUT2D eigenvalue weighted by atomic mass is 79.9. The second-order valence-electron chi connectivity index (χ2n) is 3.71. The van der Waals surface area contributed by atoms with Crippen molar-refractivity contribution in [2.45, 2.75) is 11.8 Å². The Morgan fingerprint density at radius 3 is 2.18 bits per heavy atom. The van der Waals surface area contributed by atoms with Crippen LogP contribution in [0.2, 0.25) is 0 Å². The number of aryl methyl sites for hydroxylation is 1. The number of carbonyl (C=O) groups excluding carboxylic acids is 1. The van der Waals surface area contributed by atoms with Crippen molar-refractivity contribution in [3.8, 4) is 0 Å². The number of carbonyl (C=O) groups is 1. The Hall–Kier alpha value is -1.06. The van der Waals surface area contributed by atoms with Gasteiger partial charge >= 0.3 is 0 Å². The lowest BCUT2D eigenvalue weighted by Crippen LogP contribution is -1.92. The Morgan fingerprint density at radius 1 is 1.00 bits per heavy atom. The van der Waals surface area contributed by atoms with Gasteiger partial charge in [0.2, 0.25) is 5.12 Å². The Bertz CT molecular complexity index is 517. The summed E-state index contributed by atoms with van der Waals surface area (Å²) in [6, 6.07) is 15.4. The summed E-state index contributed by atoms with van der Waals surface area (Å²) < 4.78 is 0.981. The first-order valence-electron chi connectivity index (χ1n) is 5.19. The fourth-order valence-corrected chi connectivity index (χ4v) is 2.36. The van der Waals surface area contributed by atoms with Crippen LogP contribution in [-0.4, -0.2) is 5.12 Å². The highest BCUT2D eigenvalue weighted by Crippen LogP contribution is 2.23. The molecule has 0 N–H and O–H groups in total. The summed E-state index contributed by atoms with van der Waals surface area (Å²) >= 11 is 4.61. The van der Waals surface area contributed by atoms with E-state index in [0.717, 1.165) is 14.9 Å². The van der Waals surface area contributed by atoms with Gasteiger partial charge in [-0.15, -0.1) is 0 Å². The molecule has 0 aromatic heterocycles. The van der Waals surface area contributed by atoms with Crippen LogP contribution >= 0.6 is 27.7 Å². The quantitative estimate of drug-likeness (QED) is 0.749. The highest BCUT2D eigenvalue weighted by molar-refractivity contribution is 9.10. The maximum Gasteiger partial charge on any atom is 0.224 e. The molecule has 0 aliphatic heterocycles. The molecule has 0 saturated carbocycles. The predicted octanol–water partition coefficient (Wildman–Crippen LogP) is 4.69. The summed E-state index contributed by atoms with van der Waals surface area (Å²) in [6.45, 7) is 2.03. The number of thioether (sulfide) groups is 1. The molecule has 17 heavy (non-hydrogen) atoms. The van der Waals surface area contributed by atoms with Gasteiger partial charge in [0.25, 0.3) is 0 Å². The van der Waals surface area contributed by atoms with Crippen LogP contribution in [0.5, 0.6) is 0 Å². The third-order valence-electron chi connectivity index (χ3n) is 2.31. The first-order chi connectivity index (χ1) is 8.15. The lowest BCUT2D eigenvalue weighted by molar-refractivity contribution is 0.108. The van der Waals surface area contributed by atoms with Gasteiger partial charge in [0.05, 0.1) is 0 Å². The molecule has 0 amide bonds. The van der Waals surface area contributed by atoms with Crippen LogP contribution in [0, 0.1) is 6.92 Å². The molecule has 86 valence electrons. The van der Waals surface area contributed by atoms with E-state index in [1.165, 1.54) is 17.3 Å². The van der Waals surface area contributed by atoms with Crippen LogP contribution in [-0.2, 0) is 0 Å². The molecule has 0 spiro atoms. The van der Waals surface area contributed by atoms with Gasteiger partial charge in [0.1, 0.15) is 0 Å². The van der Waals surface area contributed by atoms with Crippen LogP contribution in [0.4, 0.5) is 0 Å². The van der Waals surface area contributed by atoms with Crippen LogP contribution < -0.4 is 0 Å². The van der Waals surface area contributed by atoms with Gasteiger partial charge in [-0.05, 0) is 55.1 Å². The molecule has 0 fully saturated rings. The first-order valence-corrected chi connectivity index (χ1v) is 6.80. The van der Waals surface area contributed by atoms with Crippen molar-refractivity contribution in [2.24, 2.45) is 0 Å². The molecule has 2 aromatic rings. The SMILES string of the molecule is Cc1ccc(SC(=O)c2ccc(Br)cc2)cc1. The van der Waals surface area contributed by atoms with Gasteiger partial charge in [-0.25, -0.2) is 0 Å². The molecule has 3 heteroatoms. The van der Waals surface area contributed by atoms with Crippen molar-refractivity contribution < 1.29 is 4.79 Å². The van der Waals surface area contributed by atoms with Crippen LogP contribution in [0.3, 0.4) is 0 Å². The molecular weight excluding hydrogens is 296 g/mol. The molecule has 0 aliphatic rings. The van der Waals surface area contributed by atoms with Crippen molar-refractivity contribution >= 4 is 32.8 Å². The lowest BCUT2D eigenvalue weighted by atomic mass is 10.2. The van der Waals surface area contributed by atoms with E-state index in [1.54, 1.807) is 0 Å². The molecule has 0 bridgehead atoms. The fraction of sp³-hybridized carbons (Fsp3) is 0.0714. The molecule has 0 unspecified atom stereocenters. The first kappa shape index (κ1) is 12.4. The summed E-state index contributed by atoms with van der Waals surface area (Å²) in [7, 11) is 0. The average Bonchev–Trinajstić information content (AvgIpc) is 2.33. The Labute approximate surface area is 113 Å². The fourth-order valence-electron chi connectivity index (χ4n) is 1.36. The summed E-state index contributed by atoms with van der Waals surface area (Å²) in [5, 5.41) is 0.0707. The summed E-state index contributed by atoms with van der Waals surface area (Å²) in [5.74, 6) is 0. The van der Waals surface area contributed by atoms with Gasteiger partial charge in [-0.2, -0.15) is 0 Å². The molecule has 2 rings (SSSR count). The molecule has 0 radical (unpaired) electrons.